The summed E-state index contributed by atoms with van der Waals surface area (Å²) in [6.45, 7) is 13.6. The highest BCUT2D eigenvalue weighted by molar-refractivity contribution is 6.48. The lowest BCUT2D eigenvalue weighted by molar-refractivity contribution is 0.0339. The summed E-state index contributed by atoms with van der Waals surface area (Å²) in [7, 11) is -1.03. The summed E-state index contributed by atoms with van der Waals surface area (Å²) in [5.41, 5.74) is 1.65. The Hall–Kier alpha value is -0.643. The minimum Gasteiger partial charge on any atom is -0.417 e. The van der Waals surface area contributed by atoms with E-state index in [1.54, 1.807) is 0 Å². The molecule has 0 amide bonds. The maximum absolute atomic E-state index is 6.45. The number of rotatable bonds is 4. The lowest BCUT2D eigenvalue weighted by Crippen LogP contribution is -2.42. The molecule has 1 aliphatic heterocycles. The van der Waals surface area contributed by atoms with Gasteiger partial charge in [0.2, 0.25) is 0 Å². The zero-order valence-corrected chi connectivity index (χ0v) is 14.7. The van der Waals surface area contributed by atoms with Crippen LogP contribution in [0.4, 0.5) is 0 Å². The summed E-state index contributed by atoms with van der Waals surface area (Å²) >= 11 is 0. The van der Waals surface area contributed by atoms with Crippen LogP contribution in [0, 0.1) is 11.3 Å². The molecule has 0 spiro atoms. The molecule has 20 heavy (non-hydrogen) atoms. The third-order valence-electron chi connectivity index (χ3n) is 4.15. The van der Waals surface area contributed by atoms with Gasteiger partial charge in [0.05, 0.1) is 6.10 Å². The topological polar surface area (TPSA) is 21.3 Å². The molecule has 3 heteroatoms. The van der Waals surface area contributed by atoms with Crippen molar-refractivity contribution in [1.82, 2.24) is 5.32 Å². The summed E-state index contributed by atoms with van der Waals surface area (Å²) in [4.78, 5) is 0. The predicted octanol–water partition coefficient (Wildman–Crippen LogP) is 3.40. The maximum Gasteiger partial charge on any atom is 0.171 e. The molecule has 0 aliphatic carbocycles. The Morgan fingerprint density at radius 3 is 2.35 bits per heavy atom. The lowest BCUT2D eigenvalue weighted by atomic mass is 9.75. The van der Waals surface area contributed by atoms with Crippen LogP contribution < -0.4 is 5.32 Å². The highest BCUT2D eigenvalue weighted by atomic mass is 28.3. The van der Waals surface area contributed by atoms with Gasteiger partial charge >= 0.3 is 0 Å². The molecule has 1 saturated heterocycles. The first-order chi connectivity index (χ1) is 9.39. The zero-order chi connectivity index (χ0) is 14.8. The molecular weight excluding hydrogens is 262 g/mol. The van der Waals surface area contributed by atoms with Crippen LogP contribution in [0.1, 0.15) is 32.3 Å². The van der Waals surface area contributed by atoms with Gasteiger partial charge in [0.25, 0.3) is 0 Å². The number of nitrogens with one attached hydrogen (secondary N) is 1. The van der Waals surface area contributed by atoms with Crippen molar-refractivity contribution in [2.75, 3.05) is 13.1 Å². The van der Waals surface area contributed by atoms with E-state index in [-0.39, 0.29) is 5.41 Å². The Balaban J connectivity index is 2.23. The first-order valence-corrected chi connectivity index (χ1v) is 10.6. The summed E-state index contributed by atoms with van der Waals surface area (Å²) in [5.74, 6) is 1.15. The van der Waals surface area contributed by atoms with Crippen molar-refractivity contribution in [3.63, 3.8) is 0 Å². The Morgan fingerprint density at radius 2 is 1.80 bits per heavy atom. The summed E-state index contributed by atoms with van der Waals surface area (Å²) < 4.78 is 6.45. The van der Waals surface area contributed by atoms with Crippen molar-refractivity contribution in [2.45, 2.75) is 45.9 Å². The molecule has 2 unspecified atom stereocenters. The van der Waals surface area contributed by atoms with E-state index in [0.717, 1.165) is 13.1 Å². The van der Waals surface area contributed by atoms with Gasteiger partial charge in [-0.15, -0.1) is 0 Å². The van der Waals surface area contributed by atoms with Gasteiger partial charge in [0, 0.05) is 24.9 Å². The van der Waals surface area contributed by atoms with Gasteiger partial charge in [-0.1, -0.05) is 51.1 Å². The fourth-order valence-corrected chi connectivity index (χ4v) is 4.52. The van der Waals surface area contributed by atoms with E-state index >= 15 is 0 Å². The SMILES string of the molecule is C[SiH](C)O[C@H](C1CNCC1c1ccccc1)C(C)(C)C. The number of hydrogen-bond donors (Lipinski definition) is 1. The first-order valence-electron chi connectivity index (χ1n) is 7.80. The van der Waals surface area contributed by atoms with Crippen molar-refractivity contribution in [2.24, 2.45) is 11.3 Å². The minimum atomic E-state index is -1.03. The number of benzene rings is 1. The molecule has 0 saturated carbocycles. The Kier molecular flexibility index (Phi) is 5.05. The molecule has 0 bridgehead atoms. The van der Waals surface area contributed by atoms with Crippen molar-refractivity contribution in [3.8, 4) is 0 Å². The molecule has 0 radical (unpaired) electrons. The summed E-state index contributed by atoms with van der Waals surface area (Å²) in [6.07, 6.45) is 0.342. The van der Waals surface area contributed by atoms with Crippen molar-refractivity contribution in [3.05, 3.63) is 35.9 Å². The molecule has 3 atom stereocenters. The molecule has 0 aromatic heterocycles. The molecule has 112 valence electrons. The molecule has 2 nitrogen and oxygen atoms in total. The highest BCUT2D eigenvalue weighted by Crippen LogP contribution is 2.39. The van der Waals surface area contributed by atoms with Gasteiger partial charge in [-0.05, 0) is 24.1 Å². The van der Waals surface area contributed by atoms with E-state index in [0.29, 0.717) is 17.9 Å². The third-order valence-corrected chi connectivity index (χ3v) is 4.99. The summed E-state index contributed by atoms with van der Waals surface area (Å²) in [6, 6.07) is 10.9. The van der Waals surface area contributed by atoms with Crippen LogP contribution >= 0.6 is 0 Å². The highest BCUT2D eigenvalue weighted by Gasteiger charge is 2.41. The van der Waals surface area contributed by atoms with Crippen molar-refractivity contribution >= 4 is 9.04 Å². The van der Waals surface area contributed by atoms with Gasteiger partial charge in [-0.3, -0.25) is 0 Å². The van der Waals surface area contributed by atoms with E-state index in [2.05, 4.69) is 69.5 Å². The van der Waals surface area contributed by atoms with Crippen LogP contribution in [-0.2, 0) is 4.43 Å². The summed E-state index contributed by atoms with van der Waals surface area (Å²) in [5, 5.41) is 3.58. The van der Waals surface area contributed by atoms with Crippen LogP contribution in [0.5, 0.6) is 0 Å². The number of hydrogen-bond acceptors (Lipinski definition) is 2. The monoisotopic (exact) mass is 291 g/mol. The molecule has 1 aromatic carbocycles. The molecule has 1 heterocycles. The molecule has 1 aliphatic rings. The second kappa shape index (κ2) is 6.42. The Bertz CT molecular complexity index is 413. The predicted molar refractivity (Wildman–Crippen MR) is 88.7 cm³/mol. The fraction of sp³-hybridized carbons (Fsp3) is 0.647. The molecular formula is C17H29NOSi. The minimum absolute atomic E-state index is 0.195. The van der Waals surface area contributed by atoms with E-state index in [9.17, 15) is 0 Å². The molecule has 2 rings (SSSR count). The average molecular weight is 292 g/mol. The van der Waals surface area contributed by atoms with E-state index < -0.39 is 9.04 Å². The fourth-order valence-electron chi connectivity index (χ4n) is 3.32. The lowest BCUT2D eigenvalue weighted by Gasteiger charge is -2.39. The normalized spacial score (nSPS) is 25.1. The van der Waals surface area contributed by atoms with Crippen LogP contribution in [-0.4, -0.2) is 28.2 Å². The van der Waals surface area contributed by atoms with Crippen molar-refractivity contribution in [1.29, 1.82) is 0 Å². The van der Waals surface area contributed by atoms with Crippen LogP contribution in [0.15, 0.2) is 30.3 Å². The Labute approximate surface area is 125 Å². The average Bonchev–Trinajstić information content (AvgIpc) is 2.84. The van der Waals surface area contributed by atoms with E-state index in [1.807, 2.05) is 0 Å². The second-order valence-electron chi connectivity index (χ2n) is 7.31. The standard InChI is InChI=1S/C17H29NOSi/c1-17(2,3)16(19-20(4)5)15-12-18-11-14(15)13-9-7-6-8-10-13/h6-10,14-16,18,20H,11-12H2,1-5H3/t14?,15?,16-/m1/s1. The maximum atomic E-state index is 6.45. The van der Waals surface area contributed by atoms with Gasteiger partial charge in [-0.2, -0.15) is 0 Å². The van der Waals surface area contributed by atoms with Crippen molar-refractivity contribution < 1.29 is 4.43 Å². The van der Waals surface area contributed by atoms with Gasteiger partial charge in [0.15, 0.2) is 9.04 Å². The van der Waals surface area contributed by atoms with Crippen LogP contribution in [0.3, 0.4) is 0 Å². The smallest absolute Gasteiger partial charge is 0.171 e. The van der Waals surface area contributed by atoms with E-state index in [4.69, 9.17) is 4.43 Å². The quantitative estimate of drug-likeness (QED) is 0.859. The molecule has 1 N–H and O–H groups in total. The van der Waals surface area contributed by atoms with E-state index in [1.165, 1.54) is 5.56 Å². The molecule has 1 fully saturated rings. The molecule has 1 aromatic rings. The first kappa shape index (κ1) is 15.7. The van der Waals surface area contributed by atoms with Gasteiger partial charge in [0.1, 0.15) is 0 Å². The van der Waals surface area contributed by atoms with Crippen LogP contribution in [0.2, 0.25) is 13.1 Å². The van der Waals surface area contributed by atoms with Crippen LogP contribution in [0.25, 0.3) is 0 Å². The third kappa shape index (κ3) is 3.71. The van der Waals surface area contributed by atoms with Gasteiger partial charge < -0.3 is 9.74 Å². The zero-order valence-electron chi connectivity index (χ0n) is 13.5. The largest absolute Gasteiger partial charge is 0.417 e. The Morgan fingerprint density at radius 1 is 1.15 bits per heavy atom. The van der Waals surface area contributed by atoms with Gasteiger partial charge in [-0.25, -0.2) is 0 Å². The second-order valence-corrected chi connectivity index (χ2v) is 9.68.